The van der Waals surface area contributed by atoms with E-state index in [0.29, 0.717) is 0 Å². The first-order chi connectivity index (χ1) is 19.0. The van der Waals surface area contributed by atoms with Gasteiger partial charge in [-0.1, -0.05) is 41.9 Å². The molecule has 0 heterocycles. The van der Waals surface area contributed by atoms with Gasteiger partial charge in [0.1, 0.15) is 6.61 Å². The van der Waals surface area contributed by atoms with Crippen LogP contribution in [0.4, 0.5) is 0 Å². The minimum Gasteiger partial charge on any atom is -0.458 e. The number of rotatable bonds is 12. The highest BCUT2D eigenvalue weighted by atomic mass is 32.2. The summed E-state index contributed by atoms with van der Waals surface area (Å²) in [6, 6.07) is 30.2. The predicted octanol–water partition coefficient (Wildman–Crippen LogP) is 10.5. The van der Waals surface area contributed by atoms with E-state index in [4.69, 9.17) is 4.74 Å². The van der Waals surface area contributed by atoms with Gasteiger partial charge in [-0.2, -0.15) is 0 Å². The van der Waals surface area contributed by atoms with E-state index in [0.717, 1.165) is 30.0 Å². The Morgan fingerprint density at radius 2 is 0.974 bits per heavy atom. The van der Waals surface area contributed by atoms with Gasteiger partial charge in [0.2, 0.25) is 0 Å². The van der Waals surface area contributed by atoms with E-state index in [9.17, 15) is 4.79 Å². The summed E-state index contributed by atoms with van der Waals surface area (Å²) < 4.78 is 5.59. The van der Waals surface area contributed by atoms with Gasteiger partial charge in [-0.25, -0.2) is 4.79 Å². The maximum Gasteiger partial charge on any atom is 0.330 e. The first-order valence-corrected chi connectivity index (χ1v) is 18.1. The van der Waals surface area contributed by atoms with Gasteiger partial charge in [0, 0.05) is 55.7 Å². The van der Waals surface area contributed by atoms with Gasteiger partial charge < -0.3 is 4.74 Å². The van der Waals surface area contributed by atoms with Crippen LogP contribution in [-0.4, -0.2) is 24.7 Å². The molecule has 200 valence electrons. The summed E-state index contributed by atoms with van der Waals surface area (Å²) in [7, 11) is 0. The fourth-order valence-electron chi connectivity index (χ4n) is 3.50. The zero-order chi connectivity index (χ0) is 27.6. The maximum atomic E-state index is 12.1. The van der Waals surface area contributed by atoms with Gasteiger partial charge in [-0.05, 0) is 104 Å². The Hall–Kier alpha value is -1.81. The number of hydrogen-bond donors (Lipinski definition) is 0. The third-order valence-corrected chi connectivity index (χ3v) is 10.9. The van der Waals surface area contributed by atoms with E-state index < -0.39 is 5.97 Å². The second kappa shape index (κ2) is 15.3. The van der Waals surface area contributed by atoms with Crippen LogP contribution in [-0.2, 0) is 16.1 Å². The minimum atomic E-state index is -0.428. The average molecular weight is 625 g/mol. The Morgan fingerprint density at radius 1 is 0.615 bits per heavy atom. The fourth-order valence-corrected chi connectivity index (χ4v) is 7.85. The van der Waals surface area contributed by atoms with Crippen molar-refractivity contribution >= 4 is 76.5 Å². The van der Waals surface area contributed by atoms with Crippen molar-refractivity contribution in [2.75, 3.05) is 18.8 Å². The van der Waals surface area contributed by atoms with Crippen LogP contribution in [0.25, 0.3) is 0 Å². The van der Waals surface area contributed by atoms with Crippen LogP contribution < -0.4 is 0 Å². The predicted molar refractivity (Wildman–Crippen MR) is 173 cm³/mol. The van der Waals surface area contributed by atoms with E-state index >= 15 is 0 Å². The number of ether oxygens (including phenoxy) is 1. The monoisotopic (exact) mass is 624 g/mol. The van der Waals surface area contributed by atoms with E-state index in [-0.39, 0.29) is 6.61 Å². The first-order valence-electron chi connectivity index (χ1n) is 11.9. The molecule has 0 aliphatic carbocycles. The van der Waals surface area contributed by atoms with E-state index in [1.165, 1.54) is 25.7 Å². The normalized spacial score (nSPS) is 10.8. The van der Waals surface area contributed by atoms with Crippen LogP contribution in [0.2, 0.25) is 0 Å². The molecule has 4 rings (SSSR count). The molecule has 8 heteroatoms. The van der Waals surface area contributed by atoms with Crippen LogP contribution in [0.3, 0.4) is 0 Å². The number of esters is 1. The smallest absolute Gasteiger partial charge is 0.330 e. The topological polar surface area (TPSA) is 26.3 Å². The van der Waals surface area contributed by atoms with Crippen LogP contribution >= 0.6 is 70.6 Å². The quantitative estimate of drug-likeness (QED) is 0.0873. The molecule has 4 aromatic carbocycles. The van der Waals surface area contributed by atoms with E-state index in [1.54, 1.807) is 70.6 Å². The number of thioether (sulfide) groups is 3. The molecule has 39 heavy (non-hydrogen) atoms. The highest BCUT2D eigenvalue weighted by molar-refractivity contribution is 8.01. The summed E-state index contributed by atoms with van der Waals surface area (Å²) in [4.78, 5) is 22.5. The molecule has 0 amide bonds. The molecule has 0 atom stereocenters. The second-order valence-electron chi connectivity index (χ2n) is 8.04. The van der Waals surface area contributed by atoms with Crippen molar-refractivity contribution in [1.82, 2.24) is 0 Å². The zero-order valence-corrected chi connectivity index (χ0v) is 26.7. The largest absolute Gasteiger partial charge is 0.458 e. The van der Waals surface area contributed by atoms with Crippen molar-refractivity contribution in [2.45, 2.75) is 50.7 Å². The molecule has 0 aliphatic heterocycles. The van der Waals surface area contributed by atoms with Crippen LogP contribution in [0.5, 0.6) is 0 Å². The van der Waals surface area contributed by atoms with Gasteiger partial charge in [-0.3, -0.25) is 0 Å². The van der Waals surface area contributed by atoms with Crippen LogP contribution in [0.1, 0.15) is 5.56 Å². The molecule has 0 aliphatic rings. The van der Waals surface area contributed by atoms with E-state index in [1.807, 2.05) is 0 Å². The lowest BCUT2D eigenvalue weighted by Gasteiger charge is -2.17. The van der Waals surface area contributed by atoms with Crippen LogP contribution in [0.15, 0.2) is 142 Å². The molecule has 0 saturated carbocycles. The number of hydrogen-bond acceptors (Lipinski definition) is 8. The van der Waals surface area contributed by atoms with Gasteiger partial charge in [-0.15, -0.1) is 35.3 Å². The van der Waals surface area contributed by atoms with Crippen molar-refractivity contribution in [1.29, 1.82) is 0 Å². The minimum absolute atomic E-state index is 0.175. The Labute approximate surface area is 256 Å². The molecule has 4 aromatic rings. The van der Waals surface area contributed by atoms with Crippen molar-refractivity contribution in [3.8, 4) is 0 Å². The first kappa shape index (κ1) is 30.2. The summed E-state index contributed by atoms with van der Waals surface area (Å²) >= 11 is 10.3. The van der Waals surface area contributed by atoms with Gasteiger partial charge in [0.25, 0.3) is 0 Å². The van der Waals surface area contributed by atoms with Crippen LogP contribution in [0, 0.1) is 0 Å². The fraction of sp³-hybridized carbons (Fsp3) is 0.129. The Bertz CT molecular complexity index is 1330. The summed E-state index contributed by atoms with van der Waals surface area (Å²) in [5.74, 6) is -0.428. The lowest BCUT2D eigenvalue weighted by atomic mass is 10.2. The SMILES string of the molecule is C=CC(=O)OCc1c(Sc2ccc(SC)cc2)cc(Sc2ccc(SC)cc2)cc1Sc1ccc(SC)cc1. The third kappa shape index (κ3) is 8.84. The molecule has 0 radical (unpaired) electrons. The number of carbonyl (C=O) groups excluding carboxylic acids is 1. The molecule has 2 nitrogen and oxygen atoms in total. The lowest BCUT2D eigenvalue weighted by Crippen LogP contribution is -2.03. The highest BCUT2D eigenvalue weighted by Gasteiger charge is 2.17. The Balaban J connectivity index is 1.77. The summed E-state index contributed by atoms with van der Waals surface area (Å²) in [5, 5.41) is 0. The summed E-state index contributed by atoms with van der Waals surface area (Å²) in [6.45, 7) is 3.74. The molecule has 0 bridgehead atoms. The van der Waals surface area contributed by atoms with Gasteiger partial charge >= 0.3 is 5.97 Å². The Morgan fingerprint density at radius 3 is 1.33 bits per heavy atom. The molecule has 0 saturated heterocycles. The Kier molecular flexibility index (Phi) is 11.8. The van der Waals surface area contributed by atoms with Gasteiger partial charge in [0.15, 0.2) is 0 Å². The third-order valence-electron chi connectivity index (χ3n) is 5.54. The molecule has 0 aromatic heterocycles. The van der Waals surface area contributed by atoms with Crippen molar-refractivity contribution in [2.24, 2.45) is 0 Å². The molecule has 0 unspecified atom stereocenters. The molecule has 0 spiro atoms. The molecule has 0 N–H and O–H groups in total. The average Bonchev–Trinajstić information content (AvgIpc) is 2.97. The summed E-state index contributed by atoms with van der Waals surface area (Å²) in [6.07, 6.45) is 7.46. The number of benzene rings is 4. The van der Waals surface area contributed by atoms with E-state index in [2.05, 4.69) is 110 Å². The molecular weight excluding hydrogens is 597 g/mol. The maximum absolute atomic E-state index is 12.1. The van der Waals surface area contributed by atoms with Crippen molar-refractivity contribution in [3.63, 3.8) is 0 Å². The molecular formula is C31H28O2S6. The van der Waals surface area contributed by atoms with Gasteiger partial charge in [0.05, 0.1) is 0 Å². The highest BCUT2D eigenvalue weighted by Crippen LogP contribution is 2.43. The van der Waals surface area contributed by atoms with Crippen molar-refractivity contribution < 1.29 is 9.53 Å². The van der Waals surface area contributed by atoms with Crippen molar-refractivity contribution in [3.05, 3.63) is 103 Å². The second-order valence-corrected chi connectivity index (χ2v) is 14.1. The standard InChI is InChI=1S/C31H28O2S6/c1-5-31(32)33-20-28-29(38-25-14-8-22(35-3)9-15-25)18-27(37-24-12-6-21(34-2)7-13-24)19-30(28)39-26-16-10-23(36-4)11-17-26/h5-19H,1,20H2,2-4H3. The summed E-state index contributed by atoms with van der Waals surface area (Å²) in [5.41, 5.74) is 0.991. The molecule has 0 fully saturated rings. The number of carbonyl (C=O) groups is 1. The lowest BCUT2D eigenvalue weighted by molar-refractivity contribution is -0.139. The zero-order valence-electron chi connectivity index (χ0n) is 21.8.